The van der Waals surface area contributed by atoms with Crippen LogP contribution < -0.4 is 4.73 Å². The summed E-state index contributed by atoms with van der Waals surface area (Å²) < 4.78 is 42.3. The normalized spacial score (nSPS) is 14.5. The van der Waals surface area contributed by atoms with Gasteiger partial charge in [0.15, 0.2) is 12.0 Å². The lowest BCUT2D eigenvalue weighted by Gasteiger charge is -2.28. The Labute approximate surface area is 212 Å². The van der Waals surface area contributed by atoms with E-state index in [-0.39, 0.29) is 34.2 Å². The Morgan fingerprint density at radius 2 is 1.83 bits per heavy atom. The third-order valence-electron chi connectivity index (χ3n) is 6.80. The first kappa shape index (κ1) is 25.8. The number of aliphatic hydroxyl groups excluding tert-OH is 1. The zero-order valence-electron chi connectivity index (χ0n) is 19.4. The van der Waals surface area contributed by atoms with Gasteiger partial charge in [0.05, 0.1) is 10.6 Å². The number of aromatic nitrogens is 1. The number of benzene rings is 2. The minimum Gasteiger partial charge on any atom is -0.618 e. The van der Waals surface area contributed by atoms with Gasteiger partial charge < -0.3 is 10.3 Å². The number of pyridine rings is 1. The SMILES string of the molecule is C=C(O)c1ccc(CC(=O)C(CC2CCC2)c2ccc(-c3c(C(F)F)ccc(Cl)c3F)c[n+]2[O-])cc1. The molecule has 1 fully saturated rings. The number of ketones is 1. The fourth-order valence-electron chi connectivity index (χ4n) is 4.57. The van der Waals surface area contributed by atoms with Gasteiger partial charge in [0.1, 0.15) is 17.5 Å². The summed E-state index contributed by atoms with van der Waals surface area (Å²) in [6, 6.07) is 11.6. The molecular weight excluding hydrogens is 491 g/mol. The van der Waals surface area contributed by atoms with E-state index in [1.807, 2.05) is 0 Å². The van der Waals surface area contributed by atoms with Gasteiger partial charge in [-0.2, -0.15) is 4.73 Å². The highest BCUT2D eigenvalue weighted by atomic mass is 35.5. The van der Waals surface area contributed by atoms with Gasteiger partial charge in [-0.25, -0.2) is 13.2 Å². The molecule has 1 heterocycles. The van der Waals surface area contributed by atoms with E-state index < -0.39 is 29.3 Å². The van der Waals surface area contributed by atoms with Crippen LogP contribution in [0.1, 0.15) is 60.4 Å². The molecule has 3 aromatic rings. The molecule has 4 rings (SSSR count). The van der Waals surface area contributed by atoms with Crippen LogP contribution in [0, 0.1) is 16.9 Å². The molecule has 1 unspecified atom stereocenters. The monoisotopic (exact) mass is 515 g/mol. The van der Waals surface area contributed by atoms with Crippen molar-refractivity contribution in [3.05, 3.63) is 99.7 Å². The van der Waals surface area contributed by atoms with Crippen LogP contribution in [0.2, 0.25) is 5.02 Å². The van der Waals surface area contributed by atoms with E-state index in [1.165, 1.54) is 12.1 Å². The molecule has 0 aliphatic heterocycles. The Balaban J connectivity index is 1.66. The first-order valence-electron chi connectivity index (χ1n) is 11.6. The largest absolute Gasteiger partial charge is 0.618 e. The number of carbonyl (C=O) groups excluding carboxylic acids is 1. The Morgan fingerprint density at radius 1 is 1.14 bits per heavy atom. The summed E-state index contributed by atoms with van der Waals surface area (Å²) in [4.78, 5) is 13.4. The molecule has 1 N–H and O–H groups in total. The van der Waals surface area contributed by atoms with Gasteiger partial charge >= 0.3 is 0 Å². The van der Waals surface area contributed by atoms with Crippen LogP contribution in [0.3, 0.4) is 0 Å². The second kappa shape index (κ2) is 10.7. The predicted octanol–water partition coefficient (Wildman–Crippen LogP) is 7.33. The fourth-order valence-corrected chi connectivity index (χ4v) is 4.73. The Bertz CT molecular complexity index is 1290. The lowest BCUT2D eigenvalue weighted by Crippen LogP contribution is -2.37. The number of aliphatic hydroxyl groups is 1. The van der Waals surface area contributed by atoms with E-state index in [0.717, 1.165) is 43.2 Å². The molecular formula is C28H25ClF3NO3. The highest BCUT2D eigenvalue weighted by Crippen LogP contribution is 2.38. The average molecular weight is 516 g/mol. The molecule has 0 spiro atoms. The number of nitrogens with zero attached hydrogens (tertiary/aromatic N) is 1. The van der Waals surface area contributed by atoms with Crippen LogP contribution in [0.4, 0.5) is 13.2 Å². The van der Waals surface area contributed by atoms with Crippen LogP contribution in [-0.2, 0) is 11.2 Å². The summed E-state index contributed by atoms with van der Waals surface area (Å²) in [5.74, 6) is -1.65. The first-order chi connectivity index (χ1) is 17.2. The zero-order chi connectivity index (χ0) is 26.0. The zero-order valence-corrected chi connectivity index (χ0v) is 20.1. The Hall–Kier alpha value is -3.32. The van der Waals surface area contributed by atoms with E-state index in [4.69, 9.17) is 11.6 Å². The molecule has 0 saturated heterocycles. The molecule has 1 aliphatic carbocycles. The maximum absolute atomic E-state index is 14.7. The first-order valence-corrected chi connectivity index (χ1v) is 12.0. The Morgan fingerprint density at radius 3 is 2.39 bits per heavy atom. The molecule has 0 radical (unpaired) electrons. The summed E-state index contributed by atoms with van der Waals surface area (Å²) in [6.45, 7) is 3.47. The molecule has 1 saturated carbocycles. The minimum absolute atomic E-state index is 0.0429. The summed E-state index contributed by atoms with van der Waals surface area (Å²) >= 11 is 5.82. The highest BCUT2D eigenvalue weighted by Gasteiger charge is 2.33. The van der Waals surface area contributed by atoms with Crippen molar-refractivity contribution >= 4 is 23.1 Å². The van der Waals surface area contributed by atoms with Gasteiger partial charge in [-0.05, 0) is 30.0 Å². The number of alkyl halides is 2. The number of Topliss-reactive ketones (excluding diaryl/α,β-unsaturated/α-hetero) is 1. The third-order valence-corrected chi connectivity index (χ3v) is 7.09. The number of hydrogen-bond donors (Lipinski definition) is 1. The molecule has 188 valence electrons. The summed E-state index contributed by atoms with van der Waals surface area (Å²) in [7, 11) is 0. The number of halogens is 4. The quantitative estimate of drug-likeness (QED) is 0.184. The van der Waals surface area contributed by atoms with Gasteiger partial charge in [0.25, 0.3) is 6.43 Å². The van der Waals surface area contributed by atoms with Crippen molar-refractivity contribution in [3.63, 3.8) is 0 Å². The van der Waals surface area contributed by atoms with Gasteiger partial charge in [0, 0.05) is 29.2 Å². The van der Waals surface area contributed by atoms with E-state index in [1.54, 1.807) is 24.3 Å². The van der Waals surface area contributed by atoms with E-state index >= 15 is 0 Å². The lowest BCUT2D eigenvalue weighted by molar-refractivity contribution is -0.614. The van der Waals surface area contributed by atoms with Crippen LogP contribution in [0.5, 0.6) is 0 Å². The maximum Gasteiger partial charge on any atom is 0.264 e. The van der Waals surface area contributed by atoms with Crippen molar-refractivity contribution in [1.82, 2.24) is 0 Å². The van der Waals surface area contributed by atoms with E-state index in [0.29, 0.717) is 22.6 Å². The van der Waals surface area contributed by atoms with Crippen molar-refractivity contribution in [3.8, 4) is 11.1 Å². The van der Waals surface area contributed by atoms with Gasteiger partial charge in [-0.15, -0.1) is 0 Å². The lowest BCUT2D eigenvalue weighted by atomic mass is 9.76. The molecule has 1 aliphatic rings. The number of hydrogen-bond acceptors (Lipinski definition) is 3. The highest BCUT2D eigenvalue weighted by molar-refractivity contribution is 6.31. The molecule has 4 nitrogen and oxygen atoms in total. The average Bonchev–Trinajstić information content (AvgIpc) is 2.80. The second-order valence-electron chi connectivity index (χ2n) is 9.17. The maximum atomic E-state index is 14.7. The van der Waals surface area contributed by atoms with Crippen LogP contribution in [0.15, 0.2) is 61.3 Å². The summed E-state index contributed by atoms with van der Waals surface area (Å²) in [5.41, 5.74) is 0.416. The standard InChI is InChI=1S/C28H25ClF3NO3/c1-16(34)19-7-5-18(6-8-19)14-25(35)22(13-17-3-2-4-17)24-12-9-20(15-33(24)36)26-21(28(31)32)10-11-23(29)27(26)30/h5-12,15,17,22,28,34H,1-4,13-14H2. The summed E-state index contributed by atoms with van der Waals surface area (Å²) in [6.07, 6.45) is 1.65. The van der Waals surface area contributed by atoms with E-state index in [9.17, 15) is 28.3 Å². The van der Waals surface area contributed by atoms with Crippen molar-refractivity contribution < 1.29 is 27.8 Å². The van der Waals surface area contributed by atoms with Gasteiger partial charge in [-0.3, -0.25) is 4.79 Å². The molecule has 0 amide bonds. The van der Waals surface area contributed by atoms with Crippen molar-refractivity contribution in [2.24, 2.45) is 5.92 Å². The van der Waals surface area contributed by atoms with Gasteiger partial charge in [0.2, 0.25) is 5.69 Å². The smallest absolute Gasteiger partial charge is 0.264 e. The number of rotatable bonds is 9. The van der Waals surface area contributed by atoms with Crippen molar-refractivity contribution in [2.75, 3.05) is 0 Å². The molecule has 2 aromatic carbocycles. The van der Waals surface area contributed by atoms with Crippen LogP contribution in [-0.4, -0.2) is 10.9 Å². The molecule has 1 atom stereocenters. The third kappa shape index (κ3) is 5.41. The molecule has 8 heteroatoms. The minimum atomic E-state index is -2.96. The molecule has 1 aromatic heterocycles. The van der Waals surface area contributed by atoms with E-state index in [2.05, 4.69) is 6.58 Å². The van der Waals surface area contributed by atoms with Gasteiger partial charge in [-0.1, -0.05) is 67.8 Å². The predicted molar refractivity (Wildman–Crippen MR) is 132 cm³/mol. The molecule has 36 heavy (non-hydrogen) atoms. The fraction of sp³-hybridized carbons (Fsp3) is 0.286. The van der Waals surface area contributed by atoms with Crippen molar-refractivity contribution in [1.29, 1.82) is 0 Å². The second-order valence-corrected chi connectivity index (χ2v) is 9.57. The number of carbonyl (C=O) groups is 1. The summed E-state index contributed by atoms with van der Waals surface area (Å²) in [5, 5.41) is 22.3. The topological polar surface area (TPSA) is 64.2 Å². The Kier molecular flexibility index (Phi) is 7.69. The van der Waals surface area contributed by atoms with Crippen molar-refractivity contribution in [2.45, 2.75) is 44.4 Å². The van der Waals surface area contributed by atoms with Crippen LogP contribution in [0.25, 0.3) is 16.9 Å². The van der Waals surface area contributed by atoms with Crippen LogP contribution >= 0.6 is 11.6 Å². The molecule has 0 bridgehead atoms.